The summed E-state index contributed by atoms with van der Waals surface area (Å²) in [4.78, 5) is 38.2. The van der Waals surface area contributed by atoms with Gasteiger partial charge in [0.2, 0.25) is 17.7 Å². The Morgan fingerprint density at radius 1 is 0.765 bits per heavy atom. The van der Waals surface area contributed by atoms with Crippen molar-refractivity contribution >= 4 is 34.9 Å². The van der Waals surface area contributed by atoms with E-state index in [9.17, 15) is 9.59 Å². The molecule has 1 saturated carbocycles. The number of Topliss-reactive ketones (excluding diaryl/α,β-unsaturated/α-hetero) is 1. The first kappa shape index (κ1) is 34.1. The zero-order valence-corrected chi connectivity index (χ0v) is 30.7. The zero-order chi connectivity index (χ0) is 35.5. The van der Waals surface area contributed by atoms with E-state index in [0.717, 1.165) is 84.5 Å². The molecule has 1 N–H and O–H groups in total. The Hall–Kier alpha value is -4.02. The van der Waals surface area contributed by atoms with E-state index < -0.39 is 0 Å². The summed E-state index contributed by atoms with van der Waals surface area (Å²) in [5, 5.41) is 4.23. The Morgan fingerprint density at radius 3 is 2.00 bits per heavy atom. The van der Waals surface area contributed by atoms with E-state index in [4.69, 9.17) is 42.6 Å². The number of hydrogen-bond acceptors (Lipinski definition) is 8. The van der Waals surface area contributed by atoms with Gasteiger partial charge in [-0.2, -0.15) is 0 Å². The van der Waals surface area contributed by atoms with Crippen molar-refractivity contribution in [2.75, 3.05) is 40.4 Å². The second-order valence-corrected chi connectivity index (χ2v) is 15.6. The third-order valence-corrected chi connectivity index (χ3v) is 12.0. The molecular formula is C40H41Cl2N5O4. The van der Waals surface area contributed by atoms with Crippen molar-refractivity contribution in [2.24, 2.45) is 5.41 Å². The van der Waals surface area contributed by atoms with Crippen molar-refractivity contribution in [1.29, 1.82) is 0 Å². The van der Waals surface area contributed by atoms with E-state index in [-0.39, 0.29) is 16.9 Å². The molecule has 4 aliphatic rings. The van der Waals surface area contributed by atoms with Crippen LogP contribution in [0.3, 0.4) is 0 Å². The number of pyridine rings is 2. The van der Waals surface area contributed by atoms with E-state index in [1.165, 1.54) is 0 Å². The van der Waals surface area contributed by atoms with Gasteiger partial charge in [0.15, 0.2) is 0 Å². The summed E-state index contributed by atoms with van der Waals surface area (Å²) in [5.74, 6) is 1.66. The smallest absolute Gasteiger partial charge is 0.220 e. The summed E-state index contributed by atoms with van der Waals surface area (Å²) in [6, 6.07) is 17.9. The molecule has 9 nitrogen and oxygen atoms in total. The van der Waals surface area contributed by atoms with Gasteiger partial charge in [0.25, 0.3) is 0 Å². The van der Waals surface area contributed by atoms with Gasteiger partial charge in [-0.05, 0) is 37.5 Å². The largest absolute Gasteiger partial charge is 0.481 e. The van der Waals surface area contributed by atoms with Crippen molar-refractivity contribution in [3.05, 3.63) is 81.3 Å². The molecule has 1 aliphatic carbocycles. The zero-order valence-electron chi connectivity index (χ0n) is 29.2. The van der Waals surface area contributed by atoms with Gasteiger partial charge in [-0.15, -0.1) is 0 Å². The van der Waals surface area contributed by atoms with Crippen LogP contribution in [0.15, 0.2) is 54.6 Å². The minimum Gasteiger partial charge on any atom is -0.481 e. The van der Waals surface area contributed by atoms with Crippen LogP contribution < -0.4 is 14.8 Å². The Kier molecular flexibility index (Phi) is 8.82. The number of aryl methyl sites for hydroxylation is 1. The monoisotopic (exact) mass is 725 g/mol. The van der Waals surface area contributed by atoms with Crippen LogP contribution in [-0.4, -0.2) is 77.4 Å². The molecule has 11 heteroatoms. The normalized spacial score (nSPS) is 19.3. The highest BCUT2D eigenvalue weighted by molar-refractivity contribution is 6.39. The number of nitrogens with zero attached hydrogens (tertiary/aromatic N) is 4. The molecule has 0 bridgehead atoms. The lowest BCUT2D eigenvalue weighted by Gasteiger charge is -2.48. The molecule has 51 heavy (non-hydrogen) atoms. The van der Waals surface area contributed by atoms with Crippen molar-refractivity contribution < 1.29 is 19.1 Å². The van der Waals surface area contributed by atoms with Crippen LogP contribution in [0, 0.1) is 12.3 Å². The molecule has 3 saturated heterocycles. The summed E-state index contributed by atoms with van der Waals surface area (Å²) < 4.78 is 11.6. The molecule has 0 unspecified atom stereocenters. The number of carbonyl (C=O) groups excluding carboxylic acids is 2. The third-order valence-electron chi connectivity index (χ3n) is 11.2. The number of methoxy groups -OCH3 is 2. The minimum atomic E-state index is -0.0826. The Bertz CT molecular complexity index is 2060. The maximum atomic E-state index is 11.9. The molecule has 264 valence electrons. The number of ketones is 1. The fraction of sp³-hybridized carbons (Fsp3) is 0.400. The van der Waals surface area contributed by atoms with Gasteiger partial charge in [-0.1, -0.05) is 65.7 Å². The molecule has 4 aromatic rings. The predicted molar refractivity (Wildman–Crippen MR) is 198 cm³/mol. The molecule has 8 rings (SSSR count). The Morgan fingerprint density at radius 2 is 1.39 bits per heavy atom. The van der Waals surface area contributed by atoms with E-state index in [0.29, 0.717) is 64.8 Å². The van der Waals surface area contributed by atoms with Crippen LogP contribution in [0.2, 0.25) is 10.0 Å². The summed E-state index contributed by atoms with van der Waals surface area (Å²) in [6.45, 7) is 7.00. The highest BCUT2D eigenvalue weighted by atomic mass is 35.5. The summed E-state index contributed by atoms with van der Waals surface area (Å²) in [5.41, 5.74) is 7.71. The summed E-state index contributed by atoms with van der Waals surface area (Å²) in [6.07, 6.45) is 3.91. The van der Waals surface area contributed by atoms with Gasteiger partial charge >= 0.3 is 0 Å². The molecule has 4 fully saturated rings. The molecule has 0 atom stereocenters. The first-order valence-electron chi connectivity index (χ1n) is 17.5. The fourth-order valence-corrected chi connectivity index (χ4v) is 9.29. The van der Waals surface area contributed by atoms with Crippen LogP contribution in [0.1, 0.15) is 48.8 Å². The van der Waals surface area contributed by atoms with Gasteiger partial charge in [0.1, 0.15) is 5.78 Å². The molecule has 2 spiro atoms. The fourth-order valence-electron chi connectivity index (χ4n) is 8.64. The van der Waals surface area contributed by atoms with Crippen molar-refractivity contribution in [3.63, 3.8) is 0 Å². The lowest BCUT2D eigenvalue weighted by Crippen LogP contribution is -2.66. The first-order valence-corrected chi connectivity index (χ1v) is 18.3. The summed E-state index contributed by atoms with van der Waals surface area (Å²) in [7, 11) is 3.28. The maximum absolute atomic E-state index is 11.9. The number of hydrogen-bond donors (Lipinski definition) is 1. The SMILES string of the molecule is COc1nc(-c2cccc(-c3cccc(-c4cc(C)c(CN5CC6(CCC(=O)N6)C5)c(OC)n4)c3Cl)c2Cl)ccc1CN1CC2(CCC(=O)C2)C1. The lowest BCUT2D eigenvalue weighted by atomic mass is 9.78. The number of nitrogens with one attached hydrogen (secondary N) is 1. The molecule has 2 aromatic heterocycles. The van der Waals surface area contributed by atoms with Crippen LogP contribution in [0.4, 0.5) is 0 Å². The standard InChI is InChI=1S/C40H41Cl2N5O4/c1-24-16-33(44-38(51-3)31(24)19-47-22-40(23-47)15-13-34(49)45-40)30-9-5-7-28(36(30)42)27-6-4-8-29(35(27)41)32-11-10-25(37(43-32)50-2)18-46-20-39(21-46)14-12-26(48)17-39/h4-11,16H,12-15,17-23H2,1-3H3,(H,45,49). The predicted octanol–water partition coefficient (Wildman–Crippen LogP) is 7.13. The van der Waals surface area contributed by atoms with Gasteiger partial charge in [-0.3, -0.25) is 19.4 Å². The number of halogens is 2. The molecular weight excluding hydrogens is 685 g/mol. The van der Waals surface area contributed by atoms with Crippen molar-refractivity contribution in [3.8, 4) is 45.4 Å². The Labute approximate surface area is 308 Å². The lowest BCUT2D eigenvalue weighted by molar-refractivity contribution is -0.121. The van der Waals surface area contributed by atoms with Crippen LogP contribution in [0.5, 0.6) is 11.8 Å². The van der Waals surface area contributed by atoms with Crippen molar-refractivity contribution in [1.82, 2.24) is 25.1 Å². The van der Waals surface area contributed by atoms with Crippen LogP contribution in [-0.2, 0) is 22.7 Å². The molecule has 5 heterocycles. The number of ether oxygens (including phenoxy) is 2. The number of amides is 1. The quantitative estimate of drug-likeness (QED) is 0.195. The average molecular weight is 727 g/mol. The average Bonchev–Trinajstić information content (AvgIpc) is 3.68. The topological polar surface area (TPSA) is 96.9 Å². The summed E-state index contributed by atoms with van der Waals surface area (Å²) >= 11 is 14.3. The number of likely N-dealkylation sites (tertiary alicyclic amines) is 2. The maximum Gasteiger partial charge on any atom is 0.220 e. The number of benzene rings is 2. The van der Waals surface area contributed by atoms with E-state index in [1.807, 2.05) is 42.5 Å². The Balaban J connectivity index is 1.03. The van der Waals surface area contributed by atoms with Crippen LogP contribution >= 0.6 is 23.2 Å². The third kappa shape index (κ3) is 6.28. The minimum absolute atomic E-state index is 0.0826. The second kappa shape index (κ2) is 13.2. The van der Waals surface area contributed by atoms with E-state index >= 15 is 0 Å². The highest BCUT2D eigenvalue weighted by Crippen LogP contribution is 2.46. The van der Waals surface area contributed by atoms with Gasteiger partial charge in [0, 0.05) is 97.3 Å². The number of aromatic nitrogens is 2. The number of rotatable bonds is 9. The van der Waals surface area contributed by atoms with Gasteiger partial charge in [0.05, 0.1) is 41.2 Å². The van der Waals surface area contributed by atoms with Crippen molar-refractivity contribution in [2.45, 2.75) is 57.7 Å². The number of carbonyl (C=O) groups is 2. The molecule has 3 aliphatic heterocycles. The molecule has 1 amide bonds. The first-order chi connectivity index (χ1) is 24.6. The van der Waals surface area contributed by atoms with Gasteiger partial charge in [-0.25, -0.2) is 9.97 Å². The van der Waals surface area contributed by atoms with Crippen LogP contribution in [0.25, 0.3) is 33.6 Å². The molecule has 0 radical (unpaired) electrons. The highest BCUT2D eigenvalue weighted by Gasteiger charge is 2.48. The van der Waals surface area contributed by atoms with E-state index in [1.54, 1.807) is 14.2 Å². The van der Waals surface area contributed by atoms with E-state index in [2.05, 4.69) is 34.2 Å². The van der Waals surface area contributed by atoms with Gasteiger partial charge < -0.3 is 14.8 Å². The molecule has 2 aromatic carbocycles. The second-order valence-electron chi connectivity index (χ2n) is 14.8.